The monoisotopic (exact) mass is 244 g/mol. The highest BCUT2D eigenvalue weighted by molar-refractivity contribution is 6.02. The number of para-hydroxylation sites is 1. The summed E-state index contributed by atoms with van der Waals surface area (Å²) in [4.78, 5) is 12.1. The van der Waals surface area contributed by atoms with Crippen LogP contribution in [0.25, 0.3) is 10.9 Å². The molecule has 1 aliphatic rings. The molecule has 2 aromatic rings. The molecule has 1 saturated heterocycles. The molecule has 0 spiro atoms. The van der Waals surface area contributed by atoms with Gasteiger partial charge in [0, 0.05) is 5.39 Å². The van der Waals surface area contributed by atoms with E-state index in [0.29, 0.717) is 0 Å². The van der Waals surface area contributed by atoms with Gasteiger partial charge in [-0.05, 0) is 25.5 Å². The highest BCUT2D eigenvalue weighted by Crippen LogP contribution is 2.21. The molecule has 0 unspecified atom stereocenters. The van der Waals surface area contributed by atoms with Crippen molar-refractivity contribution >= 4 is 22.5 Å². The van der Waals surface area contributed by atoms with Crippen LogP contribution in [0.4, 0.5) is 5.69 Å². The van der Waals surface area contributed by atoms with Gasteiger partial charge in [0.1, 0.15) is 0 Å². The van der Waals surface area contributed by atoms with Gasteiger partial charge in [0.2, 0.25) is 5.91 Å². The molecule has 1 aromatic heterocycles. The van der Waals surface area contributed by atoms with Gasteiger partial charge in [-0.25, -0.2) is 0 Å². The highest BCUT2D eigenvalue weighted by Gasteiger charge is 2.20. The minimum absolute atomic E-state index is 0.0387. The first kappa shape index (κ1) is 11.2. The summed E-state index contributed by atoms with van der Waals surface area (Å²) in [6.07, 6.45) is 4.92. The Kier molecular flexibility index (Phi) is 2.98. The lowest BCUT2D eigenvalue weighted by molar-refractivity contribution is -0.118. The number of rotatable bonds is 2. The average molecular weight is 244 g/mol. The maximum absolute atomic E-state index is 12.1. The molecule has 1 atom stereocenters. The second kappa shape index (κ2) is 4.78. The molecule has 0 radical (unpaired) electrons. The summed E-state index contributed by atoms with van der Waals surface area (Å²) >= 11 is 0. The normalized spacial score (nSPS) is 19.9. The molecule has 1 aromatic carbocycles. The second-order valence-corrected chi connectivity index (χ2v) is 4.63. The molecular formula is C13H16N4O. The van der Waals surface area contributed by atoms with E-state index in [1.54, 1.807) is 6.20 Å². The number of carbonyl (C=O) groups excluding carboxylic acids is 1. The molecule has 94 valence electrons. The van der Waals surface area contributed by atoms with Gasteiger partial charge in [-0.2, -0.15) is 5.10 Å². The SMILES string of the molecule is O=C(Nc1cccc2cn[nH]c12)[C@H]1CCCCN1. The molecular weight excluding hydrogens is 228 g/mol. The van der Waals surface area contributed by atoms with E-state index in [1.807, 2.05) is 18.2 Å². The van der Waals surface area contributed by atoms with Gasteiger partial charge in [-0.15, -0.1) is 0 Å². The summed E-state index contributed by atoms with van der Waals surface area (Å²) in [6.45, 7) is 0.923. The molecule has 5 nitrogen and oxygen atoms in total. The minimum atomic E-state index is -0.0723. The quantitative estimate of drug-likeness (QED) is 0.752. The van der Waals surface area contributed by atoms with Gasteiger partial charge in [0.15, 0.2) is 0 Å². The third kappa shape index (κ3) is 2.09. The van der Waals surface area contributed by atoms with Crippen LogP contribution >= 0.6 is 0 Å². The van der Waals surface area contributed by atoms with Crippen LogP contribution in [0.2, 0.25) is 0 Å². The Morgan fingerprint density at radius 1 is 1.39 bits per heavy atom. The van der Waals surface area contributed by atoms with Crippen molar-refractivity contribution in [3.05, 3.63) is 24.4 Å². The maximum atomic E-state index is 12.1. The Balaban J connectivity index is 1.79. The van der Waals surface area contributed by atoms with Crippen molar-refractivity contribution in [1.82, 2.24) is 15.5 Å². The Morgan fingerprint density at radius 3 is 3.17 bits per heavy atom. The smallest absolute Gasteiger partial charge is 0.241 e. The molecule has 0 bridgehead atoms. The van der Waals surface area contributed by atoms with Crippen molar-refractivity contribution < 1.29 is 4.79 Å². The predicted molar refractivity (Wildman–Crippen MR) is 70.4 cm³/mol. The van der Waals surface area contributed by atoms with E-state index >= 15 is 0 Å². The molecule has 1 aliphatic heterocycles. The standard InChI is InChI=1S/C13H16N4O/c18-13(11-5-1-2-7-14-11)16-10-6-3-4-9-8-15-17-12(9)10/h3-4,6,8,11,14H,1-2,5,7H2,(H,15,17)(H,16,18)/t11-/m1/s1. The number of aromatic amines is 1. The third-order valence-corrected chi connectivity index (χ3v) is 3.36. The summed E-state index contributed by atoms with van der Waals surface area (Å²) in [5, 5.41) is 14.1. The van der Waals surface area contributed by atoms with Crippen molar-refractivity contribution in [3.8, 4) is 0 Å². The Hall–Kier alpha value is -1.88. The summed E-state index contributed by atoms with van der Waals surface area (Å²) < 4.78 is 0. The molecule has 18 heavy (non-hydrogen) atoms. The number of hydrogen-bond acceptors (Lipinski definition) is 3. The molecule has 2 heterocycles. The summed E-state index contributed by atoms with van der Waals surface area (Å²) in [6, 6.07) is 5.70. The van der Waals surface area contributed by atoms with Crippen molar-refractivity contribution in [2.75, 3.05) is 11.9 Å². The number of H-pyrrole nitrogens is 1. The van der Waals surface area contributed by atoms with Gasteiger partial charge in [0.05, 0.1) is 23.4 Å². The van der Waals surface area contributed by atoms with Crippen molar-refractivity contribution in [2.24, 2.45) is 0 Å². The second-order valence-electron chi connectivity index (χ2n) is 4.63. The Bertz CT molecular complexity index is 557. The van der Waals surface area contributed by atoms with Crippen LogP contribution in [0.3, 0.4) is 0 Å². The van der Waals surface area contributed by atoms with Crippen molar-refractivity contribution in [1.29, 1.82) is 0 Å². The van der Waals surface area contributed by atoms with Gasteiger partial charge in [0.25, 0.3) is 0 Å². The van der Waals surface area contributed by atoms with E-state index in [0.717, 1.165) is 42.4 Å². The minimum Gasteiger partial charge on any atom is -0.323 e. The van der Waals surface area contributed by atoms with Crippen molar-refractivity contribution in [2.45, 2.75) is 25.3 Å². The van der Waals surface area contributed by atoms with Crippen LogP contribution in [0.5, 0.6) is 0 Å². The number of nitrogens with zero attached hydrogens (tertiary/aromatic N) is 1. The van der Waals surface area contributed by atoms with Crippen LogP contribution in [-0.2, 0) is 4.79 Å². The zero-order valence-corrected chi connectivity index (χ0v) is 10.1. The fourth-order valence-corrected chi connectivity index (χ4v) is 2.37. The molecule has 1 fully saturated rings. The Morgan fingerprint density at radius 2 is 2.33 bits per heavy atom. The number of fused-ring (bicyclic) bond motifs is 1. The third-order valence-electron chi connectivity index (χ3n) is 3.36. The van der Waals surface area contributed by atoms with Crippen LogP contribution in [0.1, 0.15) is 19.3 Å². The van der Waals surface area contributed by atoms with E-state index in [1.165, 1.54) is 0 Å². The topological polar surface area (TPSA) is 69.8 Å². The van der Waals surface area contributed by atoms with E-state index in [-0.39, 0.29) is 11.9 Å². The van der Waals surface area contributed by atoms with Crippen LogP contribution in [0.15, 0.2) is 24.4 Å². The molecule has 3 rings (SSSR count). The number of aromatic nitrogens is 2. The lowest BCUT2D eigenvalue weighted by atomic mass is 10.0. The largest absolute Gasteiger partial charge is 0.323 e. The van der Waals surface area contributed by atoms with E-state index in [9.17, 15) is 4.79 Å². The van der Waals surface area contributed by atoms with E-state index in [2.05, 4.69) is 20.8 Å². The molecule has 3 N–H and O–H groups in total. The number of amides is 1. The summed E-state index contributed by atoms with van der Waals surface area (Å²) in [5.41, 5.74) is 1.67. The van der Waals surface area contributed by atoms with Gasteiger partial charge in [-0.1, -0.05) is 18.6 Å². The Labute approximate surface area is 105 Å². The first-order valence-corrected chi connectivity index (χ1v) is 6.31. The van der Waals surface area contributed by atoms with Gasteiger partial charge < -0.3 is 10.6 Å². The maximum Gasteiger partial charge on any atom is 0.241 e. The molecule has 1 amide bonds. The fraction of sp³-hybridized carbons (Fsp3) is 0.385. The zero-order valence-electron chi connectivity index (χ0n) is 10.1. The summed E-state index contributed by atoms with van der Waals surface area (Å²) in [5.74, 6) is 0.0387. The van der Waals surface area contributed by atoms with Crippen LogP contribution in [0, 0.1) is 0 Å². The lowest BCUT2D eigenvalue weighted by Gasteiger charge is -2.22. The fourth-order valence-electron chi connectivity index (χ4n) is 2.37. The van der Waals surface area contributed by atoms with Gasteiger partial charge in [-0.3, -0.25) is 9.89 Å². The lowest BCUT2D eigenvalue weighted by Crippen LogP contribution is -2.43. The first-order valence-electron chi connectivity index (χ1n) is 6.31. The average Bonchev–Trinajstić information content (AvgIpc) is 2.89. The highest BCUT2D eigenvalue weighted by atomic mass is 16.2. The number of piperidine rings is 1. The molecule has 5 heteroatoms. The summed E-state index contributed by atoms with van der Waals surface area (Å²) in [7, 11) is 0. The van der Waals surface area contributed by atoms with Crippen LogP contribution in [-0.4, -0.2) is 28.7 Å². The molecule has 0 saturated carbocycles. The number of nitrogens with one attached hydrogen (secondary N) is 3. The number of anilines is 1. The van der Waals surface area contributed by atoms with E-state index < -0.39 is 0 Å². The molecule has 0 aliphatic carbocycles. The number of benzene rings is 1. The van der Waals surface area contributed by atoms with Gasteiger partial charge >= 0.3 is 0 Å². The predicted octanol–water partition coefficient (Wildman–Crippen LogP) is 1.64. The number of hydrogen-bond donors (Lipinski definition) is 3. The van der Waals surface area contributed by atoms with E-state index in [4.69, 9.17) is 0 Å². The van der Waals surface area contributed by atoms with Crippen LogP contribution < -0.4 is 10.6 Å². The zero-order chi connectivity index (χ0) is 12.4. The number of carbonyl (C=O) groups is 1. The first-order chi connectivity index (χ1) is 8.84. The van der Waals surface area contributed by atoms with Crippen molar-refractivity contribution in [3.63, 3.8) is 0 Å².